The van der Waals surface area contributed by atoms with Crippen molar-refractivity contribution < 1.29 is 14.0 Å². The van der Waals surface area contributed by atoms with Gasteiger partial charge in [0.05, 0.1) is 6.54 Å². The summed E-state index contributed by atoms with van der Waals surface area (Å²) in [5.74, 6) is -0.448. The molecule has 5 heteroatoms. The Morgan fingerprint density at radius 2 is 2.05 bits per heavy atom. The van der Waals surface area contributed by atoms with E-state index in [4.69, 9.17) is 0 Å². The van der Waals surface area contributed by atoms with Gasteiger partial charge in [-0.1, -0.05) is 13.0 Å². The Hall–Kier alpha value is -1.91. The lowest BCUT2D eigenvalue weighted by molar-refractivity contribution is -0.155. The molecule has 1 aromatic rings. The predicted molar refractivity (Wildman–Crippen MR) is 78.0 cm³/mol. The van der Waals surface area contributed by atoms with Crippen LogP contribution in [0.15, 0.2) is 18.2 Å². The first-order chi connectivity index (χ1) is 9.93. The van der Waals surface area contributed by atoms with Crippen molar-refractivity contribution in [1.82, 2.24) is 9.80 Å². The summed E-state index contributed by atoms with van der Waals surface area (Å²) in [6.45, 7) is 6.57. The summed E-state index contributed by atoms with van der Waals surface area (Å²) >= 11 is 0. The van der Waals surface area contributed by atoms with E-state index in [0.29, 0.717) is 6.54 Å². The molecular weight excluding hydrogens is 271 g/mol. The average Bonchev–Trinajstić information content (AvgIpc) is 2.44. The van der Waals surface area contributed by atoms with E-state index in [0.717, 1.165) is 17.5 Å². The molecule has 0 unspecified atom stereocenters. The third-order valence-electron chi connectivity index (χ3n) is 3.93. The van der Waals surface area contributed by atoms with Crippen LogP contribution in [-0.2, 0) is 16.1 Å². The standard InChI is InChI=1S/C16H21FN2O2/c1-4-7-18-10-15(20)19(12(3)16(18)21)9-13-8-14(17)6-5-11(13)2/h5-6,8,12H,4,7,9-10H2,1-3H3/t12-/m0/s1. The van der Waals surface area contributed by atoms with Gasteiger partial charge in [-0.05, 0) is 43.5 Å². The summed E-state index contributed by atoms with van der Waals surface area (Å²) in [5.41, 5.74) is 1.66. The molecule has 1 heterocycles. The zero-order valence-electron chi connectivity index (χ0n) is 12.7. The van der Waals surface area contributed by atoms with Crippen LogP contribution < -0.4 is 0 Å². The molecule has 0 saturated carbocycles. The third kappa shape index (κ3) is 3.23. The molecule has 4 nitrogen and oxygen atoms in total. The highest BCUT2D eigenvalue weighted by Crippen LogP contribution is 2.19. The number of benzene rings is 1. The van der Waals surface area contributed by atoms with Crippen molar-refractivity contribution in [3.05, 3.63) is 35.1 Å². The van der Waals surface area contributed by atoms with E-state index in [1.807, 2.05) is 13.8 Å². The quantitative estimate of drug-likeness (QED) is 0.852. The predicted octanol–water partition coefficient (Wildman–Crippen LogP) is 2.10. The third-order valence-corrected chi connectivity index (χ3v) is 3.93. The van der Waals surface area contributed by atoms with Gasteiger partial charge in [-0.2, -0.15) is 0 Å². The van der Waals surface area contributed by atoms with Crippen LogP contribution in [0.2, 0.25) is 0 Å². The number of carbonyl (C=O) groups excluding carboxylic acids is 2. The molecule has 0 bridgehead atoms. The summed E-state index contributed by atoms with van der Waals surface area (Å²) < 4.78 is 13.4. The van der Waals surface area contributed by atoms with Gasteiger partial charge < -0.3 is 9.80 Å². The zero-order chi connectivity index (χ0) is 15.6. The average molecular weight is 292 g/mol. The molecule has 2 amide bonds. The second kappa shape index (κ2) is 6.24. The minimum atomic E-state index is -0.500. The number of halogens is 1. The fourth-order valence-electron chi connectivity index (χ4n) is 2.62. The van der Waals surface area contributed by atoms with Crippen molar-refractivity contribution in [1.29, 1.82) is 0 Å². The Labute approximate surface area is 124 Å². The number of carbonyl (C=O) groups is 2. The molecule has 0 spiro atoms. The van der Waals surface area contributed by atoms with Crippen molar-refractivity contribution in [3.8, 4) is 0 Å². The van der Waals surface area contributed by atoms with E-state index in [9.17, 15) is 14.0 Å². The van der Waals surface area contributed by atoms with Gasteiger partial charge in [0.2, 0.25) is 11.8 Å². The van der Waals surface area contributed by atoms with Crippen molar-refractivity contribution in [2.75, 3.05) is 13.1 Å². The van der Waals surface area contributed by atoms with Crippen molar-refractivity contribution in [2.24, 2.45) is 0 Å². The van der Waals surface area contributed by atoms with Gasteiger partial charge >= 0.3 is 0 Å². The van der Waals surface area contributed by atoms with Crippen LogP contribution >= 0.6 is 0 Å². The van der Waals surface area contributed by atoms with Crippen LogP contribution in [0, 0.1) is 12.7 Å². The second-order valence-corrected chi connectivity index (χ2v) is 5.53. The van der Waals surface area contributed by atoms with Crippen molar-refractivity contribution >= 4 is 11.8 Å². The number of amides is 2. The Morgan fingerprint density at radius 1 is 1.33 bits per heavy atom. The fraction of sp³-hybridized carbons (Fsp3) is 0.500. The van der Waals surface area contributed by atoms with E-state index >= 15 is 0 Å². The molecular formula is C16H21FN2O2. The molecule has 114 valence electrons. The lowest BCUT2D eigenvalue weighted by atomic mass is 10.1. The smallest absolute Gasteiger partial charge is 0.245 e. The molecule has 0 aromatic heterocycles. The lowest BCUT2D eigenvalue weighted by Crippen LogP contribution is -2.58. The highest BCUT2D eigenvalue weighted by atomic mass is 19.1. The van der Waals surface area contributed by atoms with Gasteiger partial charge in [0.25, 0.3) is 0 Å². The fourth-order valence-corrected chi connectivity index (χ4v) is 2.62. The van der Waals surface area contributed by atoms with Crippen molar-refractivity contribution in [3.63, 3.8) is 0 Å². The molecule has 1 saturated heterocycles. The number of piperazine rings is 1. The lowest BCUT2D eigenvalue weighted by Gasteiger charge is -2.39. The van der Waals surface area contributed by atoms with Crippen LogP contribution in [0.3, 0.4) is 0 Å². The summed E-state index contributed by atoms with van der Waals surface area (Å²) in [6.07, 6.45) is 0.828. The summed E-state index contributed by atoms with van der Waals surface area (Å²) in [7, 11) is 0. The van der Waals surface area contributed by atoms with Gasteiger partial charge in [-0.3, -0.25) is 9.59 Å². The van der Waals surface area contributed by atoms with Gasteiger partial charge in [0.15, 0.2) is 0 Å². The Morgan fingerprint density at radius 3 is 2.71 bits per heavy atom. The van der Waals surface area contributed by atoms with Gasteiger partial charge in [-0.25, -0.2) is 4.39 Å². The van der Waals surface area contributed by atoms with Crippen LogP contribution in [0.4, 0.5) is 4.39 Å². The van der Waals surface area contributed by atoms with E-state index in [1.54, 1.807) is 17.9 Å². The molecule has 21 heavy (non-hydrogen) atoms. The second-order valence-electron chi connectivity index (χ2n) is 5.53. The monoisotopic (exact) mass is 292 g/mol. The number of hydrogen-bond acceptors (Lipinski definition) is 2. The minimum Gasteiger partial charge on any atom is -0.332 e. The Bertz CT molecular complexity index is 559. The Kier molecular flexibility index (Phi) is 4.60. The van der Waals surface area contributed by atoms with E-state index in [-0.39, 0.29) is 30.7 Å². The van der Waals surface area contributed by atoms with Gasteiger partial charge in [-0.15, -0.1) is 0 Å². The zero-order valence-corrected chi connectivity index (χ0v) is 12.7. The maximum Gasteiger partial charge on any atom is 0.245 e. The molecule has 2 rings (SSSR count). The first kappa shape index (κ1) is 15.5. The van der Waals surface area contributed by atoms with E-state index in [2.05, 4.69) is 0 Å². The van der Waals surface area contributed by atoms with E-state index in [1.165, 1.54) is 17.0 Å². The minimum absolute atomic E-state index is 0.0366. The van der Waals surface area contributed by atoms with E-state index < -0.39 is 6.04 Å². The van der Waals surface area contributed by atoms with Crippen LogP contribution in [0.5, 0.6) is 0 Å². The van der Waals surface area contributed by atoms with Crippen LogP contribution in [0.1, 0.15) is 31.4 Å². The number of rotatable bonds is 4. The number of hydrogen-bond donors (Lipinski definition) is 0. The van der Waals surface area contributed by atoms with Crippen LogP contribution in [-0.4, -0.2) is 40.7 Å². The first-order valence-corrected chi connectivity index (χ1v) is 7.27. The first-order valence-electron chi connectivity index (χ1n) is 7.27. The highest BCUT2D eigenvalue weighted by Gasteiger charge is 2.36. The summed E-state index contributed by atoms with van der Waals surface area (Å²) in [6, 6.07) is 4.02. The largest absolute Gasteiger partial charge is 0.332 e. The number of aryl methyl sites for hydroxylation is 1. The molecule has 1 atom stereocenters. The normalized spacial score (nSPS) is 19.3. The van der Waals surface area contributed by atoms with Crippen molar-refractivity contribution in [2.45, 2.75) is 39.8 Å². The SMILES string of the molecule is CCCN1CC(=O)N(Cc2cc(F)ccc2C)[C@@H](C)C1=O. The Balaban J connectivity index is 2.18. The topological polar surface area (TPSA) is 40.6 Å². The molecule has 0 radical (unpaired) electrons. The summed E-state index contributed by atoms with van der Waals surface area (Å²) in [5, 5.41) is 0. The number of nitrogens with zero attached hydrogens (tertiary/aromatic N) is 2. The molecule has 0 aliphatic carbocycles. The molecule has 0 N–H and O–H groups in total. The van der Waals surface area contributed by atoms with Crippen LogP contribution in [0.25, 0.3) is 0 Å². The molecule has 1 fully saturated rings. The molecule has 1 aliphatic heterocycles. The molecule has 1 aromatic carbocycles. The van der Waals surface area contributed by atoms with Gasteiger partial charge in [0, 0.05) is 13.1 Å². The van der Waals surface area contributed by atoms with Gasteiger partial charge in [0.1, 0.15) is 11.9 Å². The maximum absolute atomic E-state index is 13.4. The summed E-state index contributed by atoms with van der Waals surface area (Å²) in [4.78, 5) is 27.7. The highest BCUT2D eigenvalue weighted by molar-refractivity contribution is 5.94. The maximum atomic E-state index is 13.4. The molecule has 1 aliphatic rings.